The maximum absolute atomic E-state index is 12.9. The summed E-state index contributed by atoms with van der Waals surface area (Å²) in [4.78, 5) is 42.9. The normalized spacial score (nSPS) is 14.9. The number of thiazole rings is 1. The molecule has 1 atom stereocenters. The van der Waals surface area contributed by atoms with E-state index in [9.17, 15) is 14.4 Å². The molecular formula is C26H23N5O3S. The van der Waals surface area contributed by atoms with E-state index in [0.29, 0.717) is 28.7 Å². The molecule has 176 valence electrons. The lowest BCUT2D eigenvalue weighted by Crippen LogP contribution is -2.35. The number of benzene rings is 2. The predicted molar refractivity (Wildman–Crippen MR) is 132 cm³/mol. The summed E-state index contributed by atoms with van der Waals surface area (Å²) < 4.78 is 1.76. The van der Waals surface area contributed by atoms with Crippen LogP contribution in [-0.2, 0) is 29.0 Å². The van der Waals surface area contributed by atoms with E-state index in [1.54, 1.807) is 10.9 Å². The van der Waals surface area contributed by atoms with Crippen molar-refractivity contribution in [2.45, 2.75) is 25.8 Å². The molecule has 1 aliphatic rings. The second-order valence-corrected chi connectivity index (χ2v) is 9.37. The summed E-state index contributed by atoms with van der Waals surface area (Å²) in [6.07, 6.45) is 4.29. The molecule has 5 rings (SSSR count). The molecular weight excluding hydrogens is 462 g/mol. The number of anilines is 1. The molecule has 1 aliphatic carbocycles. The molecule has 0 unspecified atom stereocenters. The van der Waals surface area contributed by atoms with Crippen molar-refractivity contribution in [2.75, 3.05) is 5.32 Å². The van der Waals surface area contributed by atoms with Crippen LogP contribution in [0.4, 0.5) is 5.13 Å². The summed E-state index contributed by atoms with van der Waals surface area (Å²) in [5, 5.41) is 10.3. The fourth-order valence-corrected chi connectivity index (χ4v) is 5.04. The van der Waals surface area contributed by atoms with Gasteiger partial charge in [-0.3, -0.25) is 14.4 Å². The first-order valence-corrected chi connectivity index (χ1v) is 12.1. The molecule has 4 aromatic rings. The Morgan fingerprint density at radius 2 is 1.86 bits per heavy atom. The largest absolute Gasteiger partial charge is 0.352 e. The Balaban J connectivity index is 1.19. The smallest absolute Gasteiger partial charge is 0.230 e. The van der Waals surface area contributed by atoms with Gasteiger partial charge in [-0.2, -0.15) is 5.10 Å². The molecule has 35 heavy (non-hydrogen) atoms. The second kappa shape index (κ2) is 10.0. The minimum Gasteiger partial charge on any atom is -0.352 e. The van der Waals surface area contributed by atoms with E-state index in [0.717, 1.165) is 16.8 Å². The minimum absolute atomic E-state index is 0.117. The first-order valence-electron chi connectivity index (χ1n) is 11.3. The van der Waals surface area contributed by atoms with Gasteiger partial charge in [-0.15, -0.1) is 0 Å². The van der Waals surface area contributed by atoms with Crippen molar-refractivity contribution in [1.29, 1.82) is 0 Å². The van der Waals surface area contributed by atoms with Crippen LogP contribution >= 0.6 is 11.3 Å². The highest BCUT2D eigenvalue weighted by atomic mass is 32.1. The zero-order chi connectivity index (χ0) is 24.2. The van der Waals surface area contributed by atoms with Gasteiger partial charge in [0.05, 0.1) is 28.6 Å². The Labute approximate surface area is 206 Å². The standard InChI is InChI=1S/C26H23N5O3S/c32-22-15-19(25(34)27-16-18-8-4-9-20(12-18)31-11-5-10-28-31)14-21-24(22)35-26(29-21)30-23(33)13-17-6-2-1-3-7-17/h1-12,19H,13-16H2,(H,27,34)(H,29,30,33)/t19-/m0/s1. The lowest BCUT2D eigenvalue weighted by atomic mass is 9.89. The van der Waals surface area contributed by atoms with Crippen molar-refractivity contribution < 1.29 is 14.4 Å². The van der Waals surface area contributed by atoms with Gasteiger partial charge in [0.2, 0.25) is 11.8 Å². The van der Waals surface area contributed by atoms with Crippen molar-refractivity contribution in [3.05, 3.63) is 94.8 Å². The van der Waals surface area contributed by atoms with Gasteiger partial charge in [0.25, 0.3) is 0 Å². The van der Waals surface area contributed by atoms with Crippen LogP contribution in [0.5, 0.6) is 0 Å². The Morgan fingerprint density at radius 1 is 1.03 bits per heavy atom. The first kappa shape index (κ1) is 22.7. The lowest BCUT2D eigenvalue weighted by Gasteiger charge is -2.19. The highest BCUT2D eigenvalue weighted by molar-refractivity contribution is 7.17. The summed E-state index contributed by atoms with van der Waals surface area (Å²) in [7, 11) is 0. The molecule has 2 heterocycles. The number of Topliss-reactive ketones (excluding diaryl/α,β-unsaturated/α-hetero) is 1. The zero-order valence-electron chi connectivity index (χ0n) is 18.8. The van der Waals surface area contributed by atoms with Gasteiger partial charge >= 0.3 is 0 Å². The summed E-state index contributed by atoms with van der Waals surface area (Å²) in [6, 6.07) is 19.0. The molecule has 0 saturated heterocycles. The maximum Gasteiger partial charge on any atom is 0.230 e. The zero-order valence-corrected chi connectivity index (χ0v) is 19.6. The summed E-state index contributed by atoms with van der Waals surface area (Å²) >= 11 is 1.17. The molecule has 2 amide bonds. The van der Waals surface area contributed by atoms with E-state index in [1.807, 2.05) is 66.9 Å². The quantitative estimate of drug-likeness (QED) is 0.416. The fourth-order valence-electron chi connectivity index (χ4n) is 4.08. The van der Waals surface area contributed by atoms with E-state index in [-0.39, 0.29) is 30.4 Å². The number of amides is 2. The van der Waals surface area contributed by atoms with Crippen LogP contribution in [0.25, 0.3) is 5.69 Å². The fraction of sp³-hybridized carbons (Fsp3) is 0.192. The topological polar surface area (TPSA) is 106 Å². The number of carbonyl (C=O) groups excluding carboxylic acids is 3. The Morgan fingerprint density at radius 3 is 2.66 bits per heavy atom. The Hall–Kier alpha value is -4.11. The van der Waals surface area contributed by atoms with Crippen LogP contribution in [0.2, 0.25) is 0 Å². The van der Waals surface area contributed by atoms with E-state index in [1.165, 1.54) is 11.3 Å². The van der Waals surface area contributed by atoms with E-state index >= 15 is 0 Å². The van der Waals surface area contributed by atoms with Crippen molar-refractivity contribution >= 4 is 34.1 Å². The third-order valence-electron chi connectivity index (χ3n) is 5.79. The highest BCUT2D eigenvalue weighted by Gasteiger charge is 2.33. The minimum atomic E-state index is -0.487. The number of fused-ring (bicyclic) bond motifs is 1. The lowest BCUT2D eigenvalue weighted by molar-refractivity contribution is -0.125. The molecule has 0 saturated carbocycles. The number of carbonyl (C=O) groups is 3. The molecule has 0 aliphatic heterocycles. The van der Waals surface area contributed by atoms with Gasteiger partial charge in [-0.25, -0.2) is 9.67 Å². The predicted octanol–water partition coefficient (Wildman–Crippen LogP) is 3.57. The summed E-state index contributed by atoms with van der Waals surface area (Å²) in [6.45, 7) is 0.351. The number of ketones is 1. The van der Waals surface area contributed by atoms with Gasteiger partial charge in [-0.1, -0.05) is 53.8 Å². The number of hydrogen-bond acceptors (Lipinski definition) is 6. The first-order chi connectivity index (χ1) is 17.0. The second-order valence-electron chi connectivity index (χ2n) is 8.37. The molecule has 9 heteroatoms. The molecule has 0 radical (unpaired) electrons. The van der Waals surface area contributed by atoms with Crippen LogP contribution in [-0.4, -0.2) is 32.4 Å². The van der Waals surface area contributed by atoms with Crippen molar-refractivity contribution in [3.63, 3.8) is 0 Å². The molecule has 2 aromatic heterocycles. The monoisotopic (exact) mass is 485 g/mol. The van der Waals surface area contributed by atoms with Gasteiger partial charge < -0.3 is 10.6 Å². The average molecular weight is 486 g/mol. The van der Waals surface area contributed by atoms with Crippen LogP contribution in [0.3, 0.4) is 0 Å². The van der Waals surface area contributed by atoms with Crippen molar-refractivity contribution in [2.24, 2.45) is 5.92 Å². The maximum atomic E-state index is 12.9. The SMILES string of the molecule is O=C(Cc1ccccc1)Nc1nc2c(s1)C(=O)C[C@@H](C(=O)NCc1cccc(-n3cccn3)c1)C2. The van der Waals surface area contributed by atoms with Crippen LogP contribution < -0.4 is 10.6 Å². The van der Waals surface area contributed by atoms with Gasteiger partial charge in [0.1, 0.15) is 0 Å². The molecule has 2 N–H and O–H groups in total. The van der Waals surface area contributed by atoms with Gasteiger partial charge in [-0.05, 0) is 29.3 Å². The van der Waals surface area contributed by atoms with Crippen LogP contribution in [0, 0.1) is 5.92 Å². The van der Waals surface area contributed by atoms with Crippen molar-refractivity contribution in [1.82, 2.24) is 20.1 Å². The van der Waals surface area contributed by atoms with Gasteiger partial charge in [0.15, 0.2) is 10.9 Å². The summed E-state index contributed by atoms with van der Waals surface area (Å²) in [5.41, 5.74) is 3.31. The number of aromatic nitrogens is 3. The third kappa shape index (κ3) is 5.36. The molecule has 8 nitrogen and oxygen atoms in total. The van der Waals surface area contributed by atoms with Crippen molar-refractivity contribution in [3.8, 4) is 5.69 Å². The number of nitrogens with one attached hydrogen (secondary N) is 2. The van der Waals surface area contributed by atoms with Crippen LogP contribution in [0.15, 0.2) is 73.1 Å². The van der Waals surface area contributed by atoms with E-state index < -0.39 is 5.92 Å². The van der Waals surface area contributed by atoms with Crippen LogP contribution in [0.1, 0.15) is 32.9 Å². The Kier molecular flexibility index (Phi) is 6.49. The molecule has 0 spiro atoms. The number of hydrogen-bond donors (Lipinski definition) is 2. The van der Waals surface area contributed by atoms with E-state index in [4.69, 9.17) is 0 Å². The average Bonchev–Trinajstić information content (AvgIpc) is 3.54. The van der Waals surface area contributed by atoms with Gasteiger partial charge in [0, 0.05) is 31.8 Å². The number of rotatable bonds is 7. The third-order valence-corrected chi connectivity index (χ3v) is 6.85. The number of nitrogens with zero attached hydrogens (tertiary/aromatic N) is 3. The van der Waals surface area contributed by atoms with E-state index in [2.05, 4.69) is 20.7 Å². The molecule has 0 fully saturated rings. The molecule has 2 aromatic carbocycles. The highest BCUT2D eigenvalue weighted by Crippen LogP contribution is 2.32. The molecule has 0 bridgehead atoms. The Bertz CT molecular complexity index is 1360. The summed E-state index contributed by atoms with van der Waals surface area (Å²) in [5.74, 6) is -0.982.